The molecule has 0 amide bonds. The molecule has 2 heteroatoms. The van der Waals surface area contributed by atoms with Crippen molar-refractivity contribution < 1.29 is 9.53 Å². The van der Waals surface area contributed by atoms with Crippen LogP contribution in [-0.2, 0) is 9.53 Å². The van der Waals surface area contributed by atoms with Crippen molar-refractivity contribution in [1.82, 2.24) is 0 Å². The second kappa shape index (κ2) is 25.0. The molecule has 0 N–H and O–H groups in total. The zero-order valence-corrected chi connectivity index (χ0v) is 19.8. The SMILES string of the molecule is CCCCC/C=C\C/C=C\CCCCCCCCCCCCCCCC(=O)OC. The summed E-state index contributed by atoms with van der Waals surface area (Å²) in [6.07, 6.45) is 34.8. The molecule has 0 saturated carbocycles. The van der Waals surface area contributed by atoms with E-state index in [-0.39, 0.29) is 5.97 Å². The van der Waals surface area contributed by atoms with Gasteiger partial charge in [0.05, 0.1) is 7.11 Å². The van der Waals surface area contributed by atoms with Crippen LogP contribution >= 0.6 is 0 Å². The third-order valence-electron chi connectivity index (χ3n) is 5.56. The average molecular weight is 407 g/mol. The van der Waals surface area contributed by atoms with E-state index in [0.29, 0.717) is 6.42 Å². The van der Waals surface area contributed by atoms with Crippen LogP contribution in [0.4, 0.5) is 0 Å². The van der Waals surface area contributed by atoms with Crippen LogP contribution in [0.2, 0.25) is 0 Å². The molecule has 0 heterocycles. The van der Waals surface area contributed by atoms with Crippen LogP contribution in [-0.4, -0.2) is 13.1 Å². The fourth-order valence-electron chi connectivity index (χ4n) is 3.60. The normalized spacial score (nSPS) is 11.7. The third kappa shape index (κ3) is 24.9. The number of allylic oxidation sites excluding steroid dienone is 4. The number of methoxy groups -OCH3 is 1. The van der Waals surface area contributed by atoms with E-state index in [1.807, 2.05) is 0 Å². The van der Waals surface area contributed by atoms with Gasteiger partial charge in [-0.15, -0.1) is 0 Å². The molecule has 29 heavy (non-hydrogen) atoms. The van der Waals surface area contributed by atoms with E-state index in [1.54, 1.807) is 0 Å². The number of unbranched alkanes of at least 4 members (excludes halogenated alkanes) is 16. The predicted molar refractivity (Wildman–Crippen MR) is 128 cm³/mol. The molecule has 0 aromatic carbocycles. The molecule has 0 aliphatic carbocycles. The topological polar surface area (TPSA) is 26.3 Å². The van der Waals surface area contributed by atoms with Crippen LogP contribution in [0.1, 0.15) is 135 Å². The van der Waals surface area contributed by atoms with Crippen molar-refractivity contribution in [1.29, 1.82) is 0 Å². The fraction of sp³-hybridized carbons (Fsp3) is 0.815. The highest BCUT2D eigenvalue weighted by atomic mass is 16.5. The largest absolute Gasteiger partial charge is 0.469 e. The van der Waals surface area contributed by atoms with Gasteiger partial charge in [-0.3, -0.25) is 4.79 Å². The Morgan fingerprint density at radius 1 is 0.586 bits per heavy atom. The first-order valence-corrected chi connectivity index (χ1v) is 12.7. The lowest BCUT2D eigenvalue weighted by Gasteiger charge is -2.03. The van der Waals surface area contributed by atoms with E-state index in [9.17, 15) is 4.79 Å². The highest BCUT2D eigenvalue weighted by Gasteiger charge is 1.99. The Balaban J connectivity index is 3.13. The molecule has 0 aliphatic rings. The highest BCUT2D eigenvalue weighted by molar-refractivity contribution is 5.68. The van der Waals surface area contributed by atoms with Crippen LogP contribution in [0, 0.1) is 0 Å². The molecule has 0 radical (unpaired) electrons. The molecule has 0 aliphatic heterocycles. The lowest BCUT2D eigenvalue weighted by Crippen LogP contribution is -1.99. The summed E-state index contributed by atoms with van der Waals surface area (Å²) in [5.41, 5.74) is 0. The standard InChI is InChI=1S/C27H50O2/c1-3-4-5-6-7-8-9-10-11-12-13-14-15-16-17-18-19-20-21-22-23-24-25-26-27(28)29-2/h7-8,10-11H,3-6,9,12-26H2,1-2H3/b8-7-,11-10-. The third-order valence-corrected chi connectivity index (χ3v) is 5.56. The van der Waals surface area contributed by atoms with Crippen LogP contribution in [0.5, 0.6) is 0 Å². The lowest BCUT2D eigenvalue weighted by atomic mass is 10.0. The van der Waals surface area contributed by atoms with E-state index in [0.717, 1.165) is 12.8 Å². The molecule has 0 atom stereocenters. The minimum Gasteiger partial charge on any atom is -0.469 e. The Kier molecular flexibility index (Phi) is 24.1. The molecule has 0 bridgehead atoms. The summed E-state index contributed by atoms with van der Waals surface area (Å²) in [5.74, 6) is -0.0672. The van der Waals surface area contributed by atoms with Crippen LogP contribution in [0.3, 0.4) is 0 Å². The highest BCUT2D eigenvalue weighted by Crippen LogP contribution is 2.13. The Morgan fingerprint density at radius 2 is 1.00 bits per heavy atom. The van der Waals surface area contributed by atoms with Gasteiger partial charge >= 0.3 is 5.97 Å². The summed E-state index contributed by atoms with van der Waals surface area (Å²) in [5, 5.41) is 0. The molecular formula is C27H50O2. The molecule has 0 fully saturated rings. The zero-order valence-electron chi connectivity index (χ0n) is 19.8. The first-order chi connectivity index (χ1) is 14.3. The van der Waals surface area contributed by atoms with E-state index in [2.05, 4.69) is 36.0 Å². The predicted octanol–water partition coefficient (Wildman–Crippen LogP) is 9.09. The van der Waals surface area contributed by atoms with Crippen molar-refractivity contribution in [3.8, 4) is 0 Å². The van der Waals surface area contributed by atoms with Crippen molar-refractivity contribution in [2.75, 3.05) is 7.11 Å². The van der Waals surface area contributed by atoms with E-state index >= 15 is 0 Å². The van der Waals surface area contributed by atoms with Gasteiger partial charge < -0.3 is 4.74 Å². The Hall–Kier alpha value is -1.05. The maximum Gasteiger partial charge on any atom is 0.305 e. The first kappa shape index (κ1) is 27.9. The summed E-state index contributed by atoms with van der Waals surface area (Å²) < 4.78 is 4.66. The number of ether oxygens (including phenoxy) is 1. The fourth-order valence-corrected chi connectivity index (χ4v) is 3.60. The van der Waals surface area contributed by atoms with Crippen LogP contribution in [0.15, 0.2) is 24.3 Å². The van der Waals surface area contributed by atoms with Gasteiger partial charge in [-0.1, -0.05) is 115 Å². The minimum absolute atomic E-state index is 0.0672. The lowest BCUT2D eigenvalue weighted by molar-refractivity contribution is -0.140. The van der Waals surface area contributed by atoms with Crippen LogP contribution < -0.4 is 0 Å². The quantitative estimate of drug-likeness (QED) is 0.102. The van der Waals surface area contributed by atoms with Gasteiger partial charge in [0.25, 0.3) is 0 Å². The van der Waals surface area contributed by atoms with Gasteiger partial charge in [-0.25, -0.2) is 0 Å². The first-order valence-electron chi connectivity index (χ1n) is 12.7. The van der Waals surface area contributed by atoms with Crippen molar-refractivity contribution in [3.63, 3.8) is 0 Å². The van der Waals surface area contributed by atoms with Crippen molar-refractivity contribution in [3.05, 3.63) is 24.3 Å². The van der Waals surface area contributed by atoms with Gasteiger partial charge in [-0.2, -0.15) is 0 Å². The molecule has 0 spiro atoms. The van der Waals surface area contributed by atoms with Crippen LogP contribution in [0.25, 0.3) is 0 Å². The van der Waals surface area contributed by atoms with E-state index in [1.165, 1.54) is 116 Å². The number of hydrogen-bond donors (Lipinski definition) is 0. The summed E-state index contributed by atoms with van der Waals surface area (Å²) >= 11 is 0. The minimum atomic E-state index is -0.0672. The summed E-state index contributed by atoms with van der Waals surface area (Å²) in [6, 6.07) is 0. The molecule has 0 aromatic heterocycles. The van der Waals surface area contributed by atoms with E-state index in [4.69, 9.17) is 0 Å². The number of hydrogen-bond acceptors (Lipinski definition) is 2. The number of rotatable bonds is 22. The molecule has 0 rings (SSSR count). The van der Waals surface area contributed by atoms with Crippen molar-refractivity contribution in [2.45, 2.75) is 135 Å². The van der Waals surface area contributed by atoms with Gasteiger partial charge in [0.2, 0.25) is 0 Å². The Morgan fingerprint density at radius 3 is 1.45 bits per heavy atom. The summed E-state index contributed by atoms with van der Waals surface area (Å²) in [4.78, 5) is 11.0. The maximum absolute atomic E-state index is 11.0. The number of carbonyl (C=O) groups excluding carboxylic acids is 1. The second-order valence-corrected chi connectivity index (χ2v) is 8.39. The van der Waals surface area contributed by atoms with Gasteiger partial charge in [-0.05, 0) is 38.5 Å². The Bertz CT molecular complexity index is 384. The van der Waals surface area contributed by atoms with Gasteiger partial charge in [0, 0.05) is 6.42 Å². The van der Waals surface area contributed by atoms with Gasteiger partial charge in [0.15, 0.2) is 0 Å². The maximum atomic E-state index is 11.0. The Labute approximate surface area is 182 Å². The van der Waals surface area contributed by atoms with Crippen molar-refractivity contribution >= 4 is 5.97 Å². The number of carbonyl (C=O) groups is 1. The molecule has 0 saturated heterocycles. The van der Waals surface area contributed by atoms with Gasteiger partial charge in [0.1, 0.15) is 0 Å². The zero-order chi connectivity index (χ0) is 21.3. The molecule has 0 aromatic rings. The van der Waals surface area contributed by atoms with Crippen molar-refractivity contribution in [2.24, 2.45) is 0 Å². The molecular weight excluding hydrogens is 356 g/mol. The summed E-state index contributed by atoms with van der Waals surface area (Å²) in [7, 11) is 1.47. The van der Waals surface area contributed by atoms with E-state index < -0.39 is 0 Å². The molecule has 170 valence electrons. The smallest absolute Gasteiger partial charge is 0.305 e. The second-order valence-electron chi connectivity index (χ2n) is 8.39. The molecule has 0 unspecified atom stereocenters. The molecule has 2 nitrogen and oxygen atoms in total. The summed E-state index contributed by atoms with van der Waals surface area (Å²) in [6.45, 7) is 2.26. The monoisotopic (exact) mass is 406 g/mol. The number of esters is 1. The average Bonchev–Trinajstić information content (AvgIpc) is 2.74.